The third-order valence-electron chi connectivity index (χ3n) is 2.55. The first-order valence-corrected chi connectivity index (χ1v) is 7.95. The Labute approximate surface area is 133 Å². The van der Waals surface area contributed by atoms with Crippen LogP contribution in [0.2, 0.25) is 0 Å². The minimum atomic E-state index is -0.491. The van der Waals surface area contributed by atoms with Crippen molar-refractivity contribution in [3.8, 4) is 11.3 Å². The molecule has 0 unspecified atom stereocenters. The second-order valence-electron chi connectivity index (χ2n) is 5.63. The van der Waals surface area contributed by atoms with Gasteiger partial charge < -0.3 is 15.4 Å². The van der Waals surface area contributed by atoms with Gasteiger partial charge in [0.1, 0.15) is 5.60 Å². The Bertz CT molecular complexity index is 608. The van der Waals surface area contributed by atoms with Crippen LogP contribution in [0, 0.1) is 0 Å². The molecule has 0 bridgehead atoms. The van der Waals surface area contributed by atoms with Crippen molar-refractivity contribution in [3.63, 3.8) is 0 Å². The lowest BCUT2D eigenvalue weighted by Crippen LogP contribution is -2.35. The van der Waals surface area contributed by atoms with Crippen molar-refractivity contribution >= 4 is 23.4 Å². The average molecular weight is 320 g/mol. The number of nitrogens with zero attached hydrogens (tertiary/aromatic N) is 2. The van der Waals surface area contributed by atoms with Gasteiger partial charge in [0.2, 0.25) is 5.95 Å². The van der Waals surface area contributed by atoms with E-state index in [9.17, 15) is 4.79 Å². The monoisotopic (exact) mass is 320 g/mol. The van der Waals surface area contributed by atoms with Gasteiger partial charge in [-0.25, -0.2) is 14.8 Å². The number of carbonyl (C=O) groups excluding carboxylic acids is 1. The molecule has 7 heteroatoms. The normalized spacial score (nSPS) is 11.0. The molecule has 0 saturated carbocycles. The second-order valence-corrected chi connectivity index (χ2v) is 6.41. The van der Waals surface area contributed by atoms with E-state index in [0.29, 0.717) is 19.0 Å². The average Bonchev–Trinajstić information content (AvgIpc) is 2.96. The summed E-state index contributed by atoms with van der Waals surface area (Å²) >= 11 is 1.63. The number of ether oxygens (including phenoxy) is 1. The lowest BCUT2D eigenvalue weighted by Gasteiger charge is -2.19. The fraction of sp³-hybridized carbons (Fsp3) is 0.400. The second kappa shape index (κ2) is 7.22. The van der Waals surface area contributed by atoms with E-state index in [1.165, 1.54) is 0 Å². The maximum absolute atomic E-state index is 11.5. The summed E-state index contributed by atoms with van der Waals surface area (Å²) in [5.41, 5.74) is 1.45. The lowest BCUT2D eigenvalue weighted by atomic mass is 10.2. The van der Waals surface area contributed by atoms with Crippen LogP contribution in [0.5, 0.6) is 0 Å². The number of rotatable bonds is 5. The first kappa shape index (κ1) is 16.2. The minimum Gasteiger partial charge on any atom is -0.444 e. The number of amides is 1. The maximum atomic E-state index is 11.5. The fourth-order valence-electron chi connectivity index (χ4n) is 1.67. The highest BCUT2D eigenvalue weighted by molar-refractivity contribution is 7.08. The van der Waals surface area contributed by atoms with Gasteiger partial charge in [-0.15, -0.1) is 0 Å². The summed E-state index contributed by atoms with van der Waals surface area (Å²) in [4.78, 5) is 20.1. The zero-order valence-corrected chi connectivity index (χ0v) is 13.7. The van der Waals surface area contributed by atoms with Crippen molar-refractivity contribution in [2.45, 2.75) is 26.4 Å². The summed E-state index contributed by atoms with van der Waals surface area (Å²) in [7, 11) is 0. The van der Waals surface area contributed by atoms with Crippen LogP contribution in [0.4, 0.5) is 10.7 Å². The standard InChI is InChI=1S/C15H20N4O2S/c1-15(2,3)21-14(20)18-8-7-17-13-16-6-4-12(19-13)11-5-9-22-10-11/h4-6,9-10H,7-8H2,1-3H3,(H,18,20)(H,16,17,19). The van der Waals surface area contributed by atoms with Gasteiger partial charge in [-0.2, -0.15) is 11.3 Å². The van der Waals surface area contributed by atoms with Crippen molar-refractivity contribution < 1.29 is 9.53 Å². The van der Waals surface area contributed by atoms with Crippen molar-refractivity contribution in [2.24, 2.45) is 0 Å². The molecular weight excluding hydrogens is 300 g/mol. The van der Waals surface area contributed by atoms with Crippen molar-refractivity contribution in [2.75, 3.05) is 18.4 Å². The summed E-state index contributed by atoms with van der Waals surface area (Å²) in [5.74, 6) is 0.537. The summed E-state index contributed by atoms with van der Waals surface area (Å²) in [6.07, 6.45) is 1.28. The zero-order chi connectivity index (χ0) is 16.0. The number of hydrogen-bond acceptors (Lipinski definition) is 6. The fourth-order valence-corrected chi connectivity index (χ4v) is 2.32. The van der Waals surface area contributed by atoms with Gasteiger partial charge in [-0.1, -0.05) is 0 Å². The molecule has 22 heavy (non-hydrogen) atoms. The number of alkyl carbamates (subject to hydrolysis) is 1. The molecule has 0 aliphatic carbocycles. The molecule has 6 nitrogen and oxygen atoms in total. The van der Waals surface area contributed by atoms with E-state index in [1.54, 1.807) is 17.5 Å². The quantitative estimate of drug-likeness (QED) is 0.828. The first-order chi connectivity index (χ1) is 10.4. The summed E-state index contributed by atoms with van der Waals surface area (Å²) < 4.78 is 5.15. The Hall–Kier alpha value is -2.15. The van der Waals surface area contributed by atoms with Gasteiger partial charge in [0.25, 0.3) is 0 Å². The summed E-state index contributed by atoms with van der Waals surface area (Å²) in [5, 5.41) is 9.80. The highest BCUT2D eigenvalue weighted by atomic mass is 32.1. The number of nitrogens with one attached hydrogen (secondary N) is 2. The Morgan fingerprint density at radius 3 is 2.82 bits per heavy atom. The van der Waals surface area contributed by atoms with E-state index >= 15 is 0 Å². The molecule has 0 saturated heterocycles. The van der Waals surface area contributed by atoms with Crippen molar-refractivity contribution in [3.05, 3.63) is 29.1 Å². The van der Waals surface area contributed by atoms with E-state index in [4.69, 9.17) is 4.74 Å². The van der Waals surface area contributed by atoms with Crippen LogP contribution in [0.15, 0.2) is 29.1 Å². The Morgan fingerprint density at radius 1 is 1.32 bits per heavy atom. The van der Waals surface area contributed by atoms with Crippen LogP contribution in [-0.4, -0.2) is 34.8 Å². The predicted octanol–water partition coefficient (Wildman–Crippen LogP) is 3.14. The number of aromatic nitrogens is 2. The number of thiophene rings is 1. The summed E-state index contributed by atoms with van der Waals surface area (Å²) in [6.45, 7) is 6.44. The van der Waals surface area contributed by atoms with Crippen molar-refractivity contribution in [1.29, 1.82) is 0 Å². The Kier molecular flexibility index (Phi) is 5.32. The SMILES string of the molecule is CC(C)(C)OC(=O)NCCNc1nccc(-c2ccsc2)n1. The molecule has 0 aliphatic heterocycles. The van der Waals surface area contributed by atoms with Gasteiger partial charge in [0.05, 0.1) is 5.69 Å². The van der Waals surface area contributed by atoms with Gasteiger partial charge in [-0.3, -0.25) is 0 Å². The smallest absolute Gasteiger partial charge is 0.407 e. The molecule has 0 spiro atoms. The molecular formula is C15H20N4O2S. The molecule has 2 aromatic heterocycles. The Morgan fingerprint density at radius 2 is 2.14 bits per heavy atom. The van der Waals surface area contributed by atoms with Crippen LogP contribution in [0.25, 0.3) is 11.3 Å². The zero-order valence-electron chi connectivity index (χ0n) is 12.9. The molecule has 0 fully saturated rings. The molecule has 2 rings (SSSR count). The first-order valence-electron chi connectivity index (χ1n) is 7.00. The van der Waals surface area contributed by atoms with Gasteiger partial charge >= 0.3 is 6.09 Å². The maximum Gasteiger partial charge on any atom is 0.407 e. The third kappa shape index (κ3) is 5.33. The van der Waals surface area contributed by atoms with E-state index in [2.05, 4.69) is 20.6 Å². The lowest BCUT2D eigenvalue weighted by molar-refractivity contribution is 0.0530. The van der Waals surface area contributed by atoms with Gasteiger partial charge in [-0.05, 0) is 38.3 Å². The van der Waals surface area contributed by atoms with E-state index in [0.717, 1.165) is 11.3 Å². The molecule has 2 heterocycles. The number of hydrogen-bond donors (Lipinski definition) is 2. The van der Waals surface area contributed by atoms with E-state index in [1.807, 2.05) is 43.7 Å². The van der Waals surface area contributed by atoms with Gasteiger partial charge in [0.15, 0.2) is 0 Å². The van der Waals surface area contributed by atoms with Crippen LogP contribution in [-0.2, 0) is 4.74 Å². The molecule has 0 radical (unpaired) electrons. The Balaban J connectivity index is 1.78. The molecule has 2 N–H and O–H groups in total. The molecule has 118 valence electrons. The molecule has 0 atom stereocenters. The predicted molar refractivity (Wildman–Crippen MR) is 88.1 cm³/mol. The van der Waals surface area contributed by atoms with Crippen LogP contribution in [0.1, 0.15) is 20.8 Å². The molecule has 2 aromatic rings. The van der Waals surface area contributed by atoms with E-state index < -0.39 is 11.7 Å². The summed E-state index contributed by atoms with van der Waals surface area (Å²) in [6, 6.07) is 3.88. The topological polar surface area (TPSA) is 76.1 Å². The van der Waals surface area contributed by atoms with Crippen LogP contribution < -0.4 is 10.6 Å². The third-order valence-corrected chi connectivity index (χ3v) is 3.23. The number of anilines is 1. The van der Waals surface area contributed by atoms with Crippen LogP contribution >= 0.6 is 11.3 Å². The van der Waals surface area contributed by atoms with Gasteiger partial charge in [0, 0.05) is 30.2 Å². The van der Waals surface area contributed by atoms with Crippen molar-refractivity contribution in [1.82, 2.24) is 15.3 Å². The molecule has 1 amide bonds. The minimum absolute atomic E-state index is 0.428. The number of carbonyl (C=O) groups is 1. The highest BCUT2D eigenvalue weighted by Crippen LogP contribution is 2.20. The largest absolute Gasteiger partial charge is 0.444 e. The molecule has 0 aromatic carbocycles. The highest BCUT2D eigenvalue weighted by Gasteiger charge is 2.15. The van der Waals surface area contributed by atoms with Crippen LogP contribution in [0.3, 0.4) is 0 Å². The van der Waals surface area contributed by atoms with E-state index in [-0.39, 0.29) is 0 Å². The molecule has 0 aliphatic rings.